The number of para-hydroxylation sites is 1. The molecule has 1 aliphatic rings. The minimum absolute atomic E-state index is 0.131. The maximum atomic E-state index is 11.5. The standard InChI is InChI=1S/C16H24N2O2/c1-2-17-16(19)12-18-10-8-14(9-11-18)13-20-15-6-4-3-5-7-15/h3-7,14H,2,8-13H2,1H3,(H,17,19). The summed E-state index contributed by atoms with van der Waals surface area (Å²) in [4.78, 5) is 13.8. The lowest BCUT2D eigenvalue weighted by Crippen LogP contribution is -2.42. The Bertz CT molecular complexity index is 400. The first-order valence-corrected chi connectivity index (χ1v) is 7.45. The summed E-state index contributed by atoms with van der Waals surface area (Å²) in [6.45, 7) is 5.93. The zero-order valence-corrected chi connectivity index (χ0v) is 12.2. The van der Waals surface area contributed by atoms with E-state index in [1.807, 2.05) is 37.3 Å². The highest BCUT2D eigenvalue weighted by Crippen LogP contribution is 2.19. The Morgan fingerprint density at radius 1 is 1.30 bits per heavy atom. The number of piperidine rings is 1. The van der Waals surface area contributed by atoms with E-state index >= 15 is 0 Å². The van der Waals surface area contributed by atoms with Gasteiger partial charge in [-0.05, 0) is 50.9 Å². The van der Waals surface area contributed by atoms with Crippen molar-refractivity contribution in [1.29, 1.82) is 0 Å². The van der Waals surface area contributed by atoms with Crippen molar-refractivity contribution in [3.8, 4) is 5.75 Å². The Labute approximate surface area is 121 Å². The first-order valence-electron chi connectivity index (χ1n) is 7.45. The minimum Gasteiger partial charge on any atom is -0.493 e. The lowest BCUT2D eigenvalue weighted by molar-refractivity contribution is -0.122. The number of nitrogens with one attached hydrogen (secondary N) is 1. The average molecular weight is 276 g/mol. The minimum atomic E-state index is 0.131. The van der Waals surface area contributed by atoms with Crippen LogP contribution in [0.4, 0.5) is 0 Å². The Kier molecular flexibility index (Phi) is 5.87. The van der Waals surface area contributed by atoms with Crippen molar-refractivity contribution in [3.63, 3.8) is 0 Å². The number of rotatable bonds is 6. The molecule has 110 valence electrons. The second kappa shape index (κ2) is 7.90. The van der Waals surface area contributed by atoms with Crippen molar-refractivity contribution in [2.75, 3.05) is 32.8 Å². The molecule has 20 heavy (non-hydrogen) atoms. The van der Waals surface area contributed by atoms with E-state index in [9.17, 15) is 4.79 Å². The lowest BCUT2D eigenvalue weighted by atomic mass is 9.98. The molecule has 1 fully saturated rings. The van der Waals surface area contributed by atoms with Crippen molar-refractivity contribution >= 4 is 5.91 Å². The van der Waals surface area contributed by atoms with Gasteiger partial charge in [0.2, 0.25) is 5.91 Å². The summed E-state index contributed by atoms with van der Waals surface area (Å²) in [6.07, 6.45) is 2.21. The van der Waals surface area contributed by atoms with Crippen molar-refractivity contribution in [1.82, 2.24) is 10.2 Å². The summed E-state index contributed by atoms with van der Waals surface area (Å²) in [5.41, 5.74) is 0. The summed E-state index contributed by atoms with van der Waals surface area (Å²) < 4.78 is 5.80. The molecule has 1 aromatic carbocycles. The van der Waals surface area contributed by atoms with Gasteiger partial charge in [0.1, 0.15) is 5.75 Å². The molecule has 0 spiro atoms. The van der Waals surface area contributed by atoms with Crippen LogP contribution in [-0.4, -0.2) is 43.6 Å². The Balaban J connectivity index is 1.65. The predicted octanol–water partition coefficient (Wildman–Crippen LogP) is 1.91. The van der Waals surface area contributed by atoms with Crippen LogP contribution in [-0.2, 0) is 4.79 Å². The number of amides is 1. The van der Waals surface area contributed by atoms with Gasteiger partial charge in [0.25, 0.3) is 0 Å². The number of ether oxygens (including phenoxy) is 1. The smallest absolute Gasteiger partial charge is 0.234 e. The number of nitrogens with zero attached hydrogens (tertiary/aromatic N) is 1. The molecule has 1 amide bonds. The number of likely N-dealkylation sites (tertiary alicyclic amines) is 1. The highest BCUT2D eigenvalue weighted by atomic mass is 16.5. The van der Waals surface area contributed by atoms with Crippen molar-refractivity contribution in [3.05, 3.63) is 30.3 Å². The summed E-state index contributed by atoms with van der Waals surface area (Å²) in [5.74, 6) is 1.67. The van der Waals surface area contributed by atoms with Gasteiger partial charge in [-0.2, -0.15) is 0 Å². The fraction of sp³-hybridized carbons (Fsp3) is 0.562. The molecule has 0 aromatic heterocycles. The monoisotopic (exact) mass is 276 g/mol. The molecule has 1 heterocycles. The summed E-state index contributed by atoms with van der Waals surface area (Å²) in [5, 5.41) is 2.85. The van der Waals surface area contributed by atoms with Gasteiger partial charge in [-0.15, -0.1) is 0 Å². The largest absolute Gasteiger partial charge is 0.493 e. The molecular formula is C16H24N2O2. The van der Waals surface area contributed by atoms with E-state index in [0.717, 1.165) is 38.3 Å². The van der Waals surface area contributed by atoms with E-state index in [1.165, 1.54) is 0 Å². The quantitative estimate of drug-likeness (QED) is 0.863. The van der Waals surface area contributed by atoms with E-state index in [4.69, 9.17) is 4.74 Å². The van der Waals surface area contributed by atoms with E-state index in [0.29, 0.717) is 19.0 Å². The second-order valence-electron chi connectivity index (χ2n) is 5.30. The number of carbonyl (C=O) groups excluding carboxylic acids is 1. The van der Waals surface area contributed by atoms with E-state index < -0.39 is 0 Å². The van der Waals surface area contributed by atoms with Crippen LogP contribution in [0, 0.1) is 5.92 Å². The third-order valence-electron chi connectivity index (χ3n) is 3.68. The summed E-state index contributed by atoms with van der Waals surface area (Å²) >= 11 is 0. The van der Waals surface area contributed by atoms with E-state index in [2.05, 4.69) is 10.2 Å². The van der Waals surface area contributed by atoms with Crippen molar-refractivity contribution in [2.24, 2.45) is 5.92 Å². The van der Waals surface area contributed by atoms with Crippen LogP contribution in [0.5, 0.6) is 5.75 Å². The van der Waals surface area contributed by atoms with Gasteiger partial charge in [0, 0.05) is 6.54 Å². The lowest BCUT2D eigenvalue weighted by Gasteiger charge is -2.31. The van der Waals surface area contributed by atoms with Crippen LogP contribution < -0.4 is 10.1 Å². The highest BCUT2D eigenvalue weighted by molar-refractivity contribution is 5.77. The predicted molar refractivity (Wildman–Crippen MR) is 79.8 cm³/mol. The fourth-order valence-corrected chi connectivity index (χ4v) is 2.50. The molecule has 1 aliphatic heterocycles. The summed E-state index contributed by atoms with van der Waals surface area (Å²) in [6, 6.07) is 9.95. The van der Waals surface area contributed by atoms with E-state index in [-0.39, 0.29) is 5.91 Å². The normalized spacial score (nSPS) is 16.9. The molecule has 4 nitrogen and oxygen atoms in total. The van der Waals surface area contributed by atoms with Crippen LogP contribution >= 0.6 is 0 Å². The van der Waals surface area contributed by atoms with Gasteiger partial charge in [-0.25, -0.2) is 0 Å². The van der Waals surface area contributed by atoms with Gasteiger partial charge in [-0.1, -0.05) is 18.2 Å². The number of benzene rings is 1. The zero-order chi connectivity index (χ0) is 14.2. The molecule has 0 saturated carbocycles. The van der Waals surface area contributed by atoms with Crippen LogP contribution in [0.3, 0.4) is 0 Å². The van der Waals surface area contributed by atoms with E-state index in [1.54, 1.807) is 0 Å². The van der Waals surface area contributed by atoms with Gasteiger partial charge in [0.05, 0.1) is 13.2 Å². The molecule has 1 N–H and O–H groups in total. The molecule has 0 bridgehead atoms. The van der Waals surface area contributed by atoms with Gasteiger partial charge in [0.15, 0.2) is 0 Å². The van der Waals surface area contributed by atoms with Crippen molar-refractivity contribution in [2.45, 2.75) is 19.8 Å². The molecular weight excluding hydrogens is 252 g/mol. The highest BCUT2D eigenvalue weighted by Gasteiger charge is 2.21. The molecule has 1 aromatic rings. The van der Waals surface area contributed by atoms with Crippen LogP contribution in [0.15, 0.2) is 30.3 Å². The van der Waals surface area contributed by atoms with Gasteiger partial charge >= 0.3 is 0 Å². The number of carbonyl (C=O) groups is 1. The van der Waals surface area contributed by atoms with Crippen LogP contribution in [0.2, 0.25) is 0 Å². The van der Waals surface area contributed by atoms with Crippen LogP contribution in [0.1, 0.15) is 19.8 Å². The Morgan fingerprint density at radius 3 is 2.65 bits per heavy atom. The Morgan fingerprint density at radius 2 is 2.00 bits per heavy atom. The third-order valence-corrected chi connectivity index (χ3v) is 3.68. The molecule has 1 saturated heterocycles. The topological polar surface area (TPSA) is 41.6 Å². The number of hydrogen-bond acceptors (Lipinski definition) is 3. The SMILES string of the molecule is CCNC(=O)CN1CCC(COc2ccccc2)CC1. The summed E-state index contributed by atoms with van der Waals surface area (Å²) in [7, 11) is 0. The van der Waals surface area contributed by atoms with Crippen molar-refractivity contribution < 1.29 is 9.53 Å². The van der Waals surface area contributed by atoms with Crippen LogP contribution in [0.25, 0.3) is 0 Å². The Hall–Kier alpha value is -1.55. The molecule has 0 atom stereocenters. The maximum Gasteiger partial charge on any atom is 0.234 e. The maximum absolute atomic E-state index is 11.5. The molecule has 0 radical (unpaired) electrons. The number of hydrogen-bond donors (Lipinski definition) is 1. The first kappa shape index (κ1) is 14.9. The van der Waals surface area contributed by atoms with Gasteiger partial charge in [-0.3, -0.25) is 9.69 Å². The molecule has 4 heteroatoms. The van der Waals surface area contributed by atoms with Gasteiger partial charge < -0.3 is 10.1 Å². The molecule has 0 aliphatic carbocycles. The fourth-order valence-electron chi connectivity index (χ4n) is 2.50. The zero-order valence-electron chi connectivity index (χ0n) is 12.2. The first-order chi connectivity index (χ1) is 9.78. The number of likely N-dealkylation sites (N-methyl/N-ethyl adjacent to an activating group) is 1. The molecule has 0 unspecified atom stereocenters. The average Bonchev–Trinajstić information content (AvgIpc) is 2.48. The molecule has 2 rings (SSSR count). The second-order valence-corrected chi connectivity index (χ2v) is 5.30. The third kappa shape index (κ3) is 4.85.